The second kappa shape index (κ2) is 7.81. The van der Waals surface area contributed by atoms with E-state index in [2.05, 4.69) is 39.4 Å². The van der Waals surface area contributed by atoms with Crippen molar-refractivity contribution in [3.05, 3.63) is 65.7 Å². The van der Waals surface area contributed by atoms with Gasteiger partial charge in [0.15, 0.2) is 5.69 Å². The Morgan fingerprint density at radius 1 is 1.07 bits per heavy atom. The highest BCUT2D eigenvalue weighted by atomic mass is 16.5. The second-order valence-corrected chi connectivity index (χ2v) is 7.48. The Labute approximate surface area is 169 Å². The summed E-state index contributed by atoms with van der Waals surface area (Å²) in [7, 11) is 0. The van der Waals surface area contributed by atoms with E-state index in [4.69, 9.17) is 4.74 Å². The minimum atomic E-state index is 0.0101. The summed E-state index contributed by atoms with van der Waals surface area (Å²) < 4.78 is 9.17. The van der Waals surface area contributed by atoms with E-state index in [-0.39, 0.29) is 5.91 Å². The minimum absolute atomic E-state index is 0.0101. The van der Waals surface area contributed by atoms with Gasteiger partial charge in [-0.25, -0.2) is 4.68 Å². The summed E-state index contributed by atoms with van der Waals surface area (Å²) in [4.78, 5) is 16.9. The van der Waals surface area contributed by atoms with Crippen molar-refractivity contribution in [2.75, 3.05) is 32.8 Å². The Hall–Kier alpha value is -2.97. The molecule has 0 spiro atoms. The molecule has 1 saturated heterocycles. The third-order valence-electron chi connectivity index (χ3n) is 5.51. The van der Waals surface area contributed by atoms with E-state index in [9.17, 15) is 4.79 Å². The third kappa shape index (κ3) is 3.81. The molecule has 0 aliphatic carbocycles. The monoisotopic (exact) mass is 392 g/mol. The SMILES string of the molecule is O=C(c1cc2n(n1)CCN(Cc1ccc(-n3cccn3)cc1)C2)N1CCOCC1. The fourth-order valence-electron chi connectivity index (χ4n) is 3.92. The molecule has 2 aliphatic rings. The zero-order chi connectivity index (χ0) is 19.6. The zero-order valence-electron chi connectivity index (χ0n) is 16.3. The number of aromatic nitrogens is 4. The van der Waals surface area contributed by atoms with E-state index < -0.39 is 0 Å². The van der Waals surface area contributed by atoms with Gasteiger partial charge in [0.05, 0.1) is 31.1 Å². The van der Waals surface area contributed by atoms with Gasteiger partial charge in [-0.15, -0.1) is 0 Å². The van der Waals surface area contributed by atoms with Crippen LogP contribution in [0.4, 0.5) is 0 Å². The summed E-state index contributed by atoms with van der Waals surface area (Å²) in [5, 5.41) is 8.82. The van der Waals surface area contributed by atoms with Crippen LogP contribution in [0.3, 0.4) is 0 Å². The highest BCUT2D eigenvalue weighted by Crippen LogP contribution is 2.18. The number of ether oxygens (including phenoxy) is 1. The number of rotatable bonds is 4. The van der Waals surface area contributed by atoms with Crippen LogP contribution in [0.2, 0.25) is 0 Å². The molecule has 4 heterocycles. The van der Waals surface area contributed by atoms with Crippen molar-refractivity contribution >= 4 is 5.91 Å². The average molecular weight is 392 g/mol. The number of carbonyl (C=O) groups is 1. The number of hydrogen-bond acceptors (Lipinski definition) is 5. The van der Waals surface area contributed by atoms with Crippen molar-refractivity contribution in [1.29, 1.82) is 0 Å². The average Bonchev–Trinajstić information content (AvgIpc) is 3.44. The number of morpholine rings is 1. The van der Waals surface area contributed by atoms with Crippen molar-refractivity contribution in [2.45, 2.75) is 19.6 Å². The maximum absolute atomic E-state index is 12.7. The largest absolute Gasteiger partial charge is 0.378 e. The van der Waals surface area contributed by atoms with Crippen LogP contribution in [0.15, 0.2) is 48.8 Å². The van der Waals surface area contributed by atoms with Crippen LogP contribution in [-0.4, -0.2) is 68.1 Å². The number of fused-ring (bicyclic) bond motifs is 1. The minimum Gasteiger partial charge on any atom is -0.378 e. The first-order valence-corrected chi connectivity index (χ1v) is 10.0. The highest BCUT2D eigenvalue weighted by molar-refractivity contribution is 5.92. The Kier molecular flexibility index (Phi) is 4.87. The molecule has 8 heteroatoms. The molecule has 0 bridgehead atoms. The van der Waals surface area contributed by atoms with Crippen LogP contribution < -0.4 is 0 Å². The normalized spacial score (nSPS) is 17.3. The van der Waals surface area contributed by atoms with Crippen molar-refractivity contribution in [1.82, 2.24) is 29.4 Å². The summed E-state index contributed by atoms with van der Waals surface area (Å²) in [6.07, 6.45) is 3.72. The van der Waals surface area contributed by atoms with E-state index in [1.807, 2.05) is 32.6 Å². The van der Waals surface area contributed by atoms with Crippen molar-refractivity contribution in [3.8, 4) is 5.69 Å². The van der Waals surface area contributed by atoms with E-state index in [0.717, 1.165) is 37.6 Å². The van der Waals surface area contributed by atoms with Crippen LogP contribution in [-0.2, 0) is 24.4 Å². The Morgan fingerprint density at radius 3 is 2.66 bits per heavy atom. The quantitative estimate of drug-likeness (QED) is 0.674. The van der Waals surface area contributed by atoms with Gasteiger partial charge in [-0.3, -0.25) is 14.4 Å². The number of amides is 1. The summed E-state index contributed by atoms with van der Waals surface area (Å²) in [5.41, 5.74) is 3.97. The molecule has 1 fully saturated rings. The third-order valence-corrected chi connectivity index (χ3v) is 5.51. The van der Waals surface area contributed by atoms with E-state index in [1.165, 1.54) is 5.56 Å². The van der Waals surface area contributed by atoms with Gasteiger partial charge >= 0.3 is 0 Å². The molecule has 29 heavy (non-hydrogen) atoms. The van der Waals surface area contributed by atoms with Crippen LogP contribution in [0.5, 0.6) is 0 Å². The first kappa shape index (κ1) is 18.1. The van der Waals surface area contributed by atoms with Crippen molar-refractivity contribution < 1.29 is 9.53 Å². The topological polar surface area (TPSA) is 68.4 Å². The highest BCUT2D eigenvalue weighted by Gasteiger charge is 2.25. The summed E-state index contributed by atoms with van der Waals surface area (Å²) in [6, 6.07) is 12.4. The molecular formula is C21H24N6O2. The first-order chi connectivity index (χ1) is 14.3. The van der Waals surface area contributed by atoms with E-state index >= 15 is 0 Å². The number of nitrogens with zero attached hydrogens (tertiary/aromatic N) is 6. The standard InChI is InChI=1S/C21H24N6O2/c28-21(25-10-12-29-13-11-25)20-14-19-16-24(8-9-27(19)23-20)15-17-2-4-18(5-3-17)26-7-1-6-22-26/h1-7,14H,8-13,15-16H2. The lowest BCUT2D eigenvalue weighted by molar-refractivity contribution is 0.0298. The molecule has 0 radical (unpaired) electrons. The molecule has 8 nitrogen and oxygen atoms in total. The van der Waals surface area contributed by atoms with Gasteiger partial charge in [0, 0.05) is 45.1 Å². The van der Waals surface area contributed by atoms with Gasteiger partial charge in [-0.05, 0) is 29.8 Å². The van der Waals surface area contributed by atoms with Crippen LogP contribution in [0, 0.1) is 0 Å². The van der Waals surface area contributed by atoms with Gasteiger partial charge < -0.3 is 9.64 Å². The van der Waals surface area contributed by atoms with Gasteiger partial charge in [0.2, 0.25) is 0 Å². The maximum atomic E-state index is 12.7. The Balaban J connectivity index is 1.24. The lowest BCUT2D eigenvalue weighted by Gasteiger charge is -2.27. The fourth-order valence-corrected chi connectivity index (χ4v) is 3.92. The molecule has 2 aromatic heterocycles. The van der Waals surface area contributed by atoms with Gasteiger partial charge in [0.25, 0.3) is 5.91 Å². The molecule has 1 aromatic carbocycles. The predicted molar refractivity (Wildman–Crippen MR) is 107 cm³/mol. The van der Waals surface area contributed by atoms with Crippen LogP contribution in [0.25, 0.3) is 5.69 Å². The number of hydrogen-bond donors (Lipinski definition) is 0. The number of carbonyl (C=O) groups excluding carboxylic acids is 1. The van der Waals surface area contributed by atoms with E-state index in [0.29, 0.717) is 32.0 Å². The molecule has 0 saturated carbocycles. The molecule has 150 valence electrons. The van der Waals surface area contributed by atoms with Gasteiger partial charge in [-0.2, -0.15) is 10.2 Å². The smallest absolute Gasteiger partial charge is 0.274 e. The molecule has 1 amide bonds. The maximum Gasteiger partial charge on any atom is 0.274 e. The molecule has 2 aliphatic heterocycles. The zero-order valence-corrected chi connectivity index (χ0v) is 16.3. The summed E-state index contributed by atoms with van der Waals surface area (Å²) in [5.74, 6) is 0.0101. The lowest BCUT2D eigenvalue weighted by atomic mass is 10.1. The Morgan fingerprint density at radius 2 is 1.90 bits per heavy atom. The van der Waals surface area contributed by atoms with Crippen molar-refractivity contribution in [3.63, 3.8) is 0 Å². The fraction of sp³-hybridized carbons (Fsp3) is 0.381. The lowest BCUT2D eigenvalue weighted by Crippen LogP contribution is -2.40. The predicted octanol–water partition coefficient (Wildman–Crippen LogP) is 1.56. The van der Waals surface area contributed by atoms with Crippen LogP contribution >= 0.6 is 0 Å². The molecule has 3 aromatic rings. The summed E-state index contributed by atoms with van der Waals surface area (Å²) >= 11 is 0. The summed E-state index contributed by atoms with van der Waals surface area (Å²) in [6.45, 7) is 5.88. The molecule has 0 unspecified atom stereocenters. The van der Waals surface area contributed by atoms with E-state index in [1.54, 1.807) is 6.20 Å². The molecule has 0 N–H and O–H groups in total. The molecular weight excluding hydrogens is 368 g/mol. The van der Waals surface area contributed by atoms with Crippen molar-refractivity contribution in [2.24, 2.45) is 0 Å². The number of benzene rings is 1. The Bertz CT molecular complexity index is 973. The first-order valence-electron chi connectivity index (χ1n) is 10.0. The molecule has 0 atom stereocenters. The molecule has 5 rings (SSSR count). The second-order valence-electron chi connectivity index (χ2n) is 7.48. The van der Waals surface area contributed by atoms with Gasteiger partial charge in [0.1, 0.15) is 0 Å². The van der Waals surface area contributed by atoms with Crippen LogP contribution in [0.1, 0.15) is 21.7 Å². The van der Waals surface area contributed by atoms with Gasteiger partial charge in [-0.1, -0.05) is 12.1 Å².